The van der Waals surface area contributed by atoms with Gasteiger partial charge in [0.1, 0.15) is 5.83 Å². The Balaban J connectivity index is 2.58. The minimum atomic E-state index is -0.0127. The van der Waals surface area contributed by atoms with Crippen molar-refractivity contribution >= 4 is 5.83 Å². The molecular weight excluding hydrogens is 163 g/mol. The van der Waals surface area contributed by atoms with E-state index in [1.807, 2.05) is 26.0 Å². The lowest BCUT2D eigenvalue weighted by molar-refractivity contribution is 0.720. The van der Waals surface area contributed by atoms with E-state index in [4.69, 9.17) is 0 Å². The zero-order chi connectivity index (χ0) is 9.42. The van der Waals surface area contributed by atoms with E-state index in [9.17, 15) is 4.39 Å². The molecule has 0 nitrogen and oxygen atoms in total. The summed E-state index contributed by atoms with van der Waals surface area (Å²) >= 11 is 0. The van der Waals surface area contributed by atoms with Crippen molar-refractivity contribution in [2.45, 2.75) is 26.7 Å². The van der Waals surface area contributed by atoms with Crippen molar-refractivity contribution in [2.24, 2.45) is 0 Å². The number of fused-ring (bicyclic) bond motifs is 1. The van der Waals surface area contributed by atoms with Crippen molar-refractivity contribution in [3.8, 4) is 0 Å². The first kappa shape index (κ1) is 8.49. The van der Waals surface area contributed by atoms with E-state index in [-0.39, 0.29) is 5.83 Å². The van der Waals surface area contributed by atoms with Crippen molar-refractivity contribution in [3.05, 3.63) is 40.5 Å². The fourth-order valence-corrected chi connectivity index (χ4v) is 1.81. The molecule has 1 heteroatoms. The monoisotopic (exact) mass is 176 g/mol. The van der Waals surface area contributed by atoms with E-state index in [2.05, 4.69) is 6.07 Å². The van der Waals surface area contributed by atoms with E-state index >= 15 is 0 Å². The average molecular weight is 176 g/mol. The van der Waals surface area contributed by atoms with Gasteiger partial charge >= 0.3 is 0 Å². The summed E-state index contributed by atoms with van der Waals surface area (Å²) in [4.78, 5) is 0. The number of hydrogen-bond donors (Lipinski definition) is 0. The van der Waals surface area contributed by atoms with Gasteiger partial charge in [0.2, 0.25) is 0 Å². The molecule has 13 heavy (non-hydrogen) atoms. The summed E-state index contributed by atoms with van der Waals surface area (Å²) in [5.74, 6) is -0.0127. The van der Waals surface area contributed by atoms with E-state index in [1.165, 1.54) is 5.56 Å². The SMILES string of the molecule is CC1=C(F)c2ccc(C)cc2CC1. The summed E-state index contributed by atoms with van der Waals surface area (Å²) in [5.41, 5.74) is 4.06. The summed E-state index contributed by atoms with van der Waals surface area (Å²) in [6.45, 7) is 3.92. The van der Waals surface area contributed by atoms with Gasteiger partial charge < -0.3 is 0 Å². The number of benzene rings is 1. The van der Waals surface area contributed by atoms with Gasteiger partial charge in [0.05, 0.1) is 0 Å². The van der Waals surface area contributed by atoms with Crippen molar-refractivity contribution in [1.29, 1.82) is 0 Å². The highest BCUT2D eigenvalue weighted by molar-refractivity contribution is 5.67. The van der Waals surface area contributed by atoms with Crippen LogP contribution in [-0.2, 0) is 6.42 Å². The maximum atomic E-state index is 13.6. The average Bonchev–Trinajstić information content (AvgIpc) is 2.12. The van der Waals surface area contributed by atoms with Crippen LogP contribution in [0.2, 0.25) is 0 Å². The lowest BCUT2D eigenvalue weighted by Gasteiger charge is -2.16. The molecule has 0 saturated heterocycles. The largest absolute Gasteiger partial charge is 0.206 e. The molecule has 2 rings (SSSR count). The zero-order valence-corrected chi connectivity index (χ0v) is 8.02. The first-order valence-corrected chi connectivity index (χ1v) is 4.63. The molecule has 0 heterocycles. The second kappa shape index (κ2) is 2.99. The highest BCUT2D eigenvalue weighted by Gasteiger charge is 2.15. The van der Waals surface area contributed by atoms with Crippen LogP contribution in [-0.4, -0.2) is 0 Å². The van der Waals surface area contributed by atoms with E-state index in [0.717, 1.165) is 29.5 Å². The summed E-state index contributed by atoms with van der Waals surface area (Å²) in [7, 11) is 0. The van der Waals surface area contributed by atoms with Crippen LogP contribution >= 0.6 is 0 Å². The number of halogens is 1. The molecule has 0 saturated carbocycles. The van der Waals surface area contributed by atoms with Crippen LogP contribution < -0.4 is 0 Å². The maximum Gasteiger partial charge on any atom is 0.129 e. The number of hydrogen-bond acceptors (Lipinski definition) is 0. The van der Waals surface area contributed by atoms with Gasteiger partial charge in [-0.25, -0.2) is 4.39 Å². The molecule has 0 amide bonds. The highest BCUT2D eigenvalue weighted by Crippen LogP contribution is 2.32. The van der Waals surface area contributed by atoms with Crippen LogP contribution in [0.1, 0.15) is 30.0 Å². The third-order valence-corrected chi connectivity index (χ3v) is 2.64. The molecular formula is C12H13F. The molecule has 0 fully saturated rings. The summed E-state index contributed by atoms with van der Waals surface area (Å²) < 4.78 is 13.6. The van der Waals surface area contributed by atoms with Gasteiger partial charge in [0, 0.05) is 5.56 Å². The number of rotatable bonds is 0. The first-order valence-electron chi connectivity index (χ1n) is 4.63. The summed E-state index contributed by atoms with van der Waals surface area (Å²) in [5, 5.41) is 0. The Kier molecular flexibility index (Phi) is 1.95. The zero-order valence-electron chi connectivity index (χ0n) is 8.02. The van der Waals surface area contributed by atoms with Crippen LogP contribution in [0.15, 0.2) is 23.8 Å². The highest BCUT2D eigenvalue weighted by atomic mass is 19.1. The standard InChI is InChI=1S/C12H13F/c1-8-3-6-11-10(7-8)5-4-9(2)12(11)13/h3,6-7H,4-5H2,1-2H3. The van der Waals surface area contributed by atoms with E-state index in [1.54, 1.807) is 0 Å². The maximum absolute atomic E-state index is 13.6. The van der Waals surface area contributed by atoms with E-state index < -0.39 is 0 Å². The summed E-state index contributed by atoms with van der Waals surface area (Å²) in [6.07, 6.45) is 1.85. The van der Waals surface area contributed by atoms with Gasteiger partial charge in [-0.2, -0.15) is 0 Å². The number of allylic oxidation sites excluding steroid dienone is 1. The fourth-order valence-electron chi connectivity index (χ4n) is 1.81. The molecule has 0 atom stereocenters. The van der Waals surface area contributed by atoms with E-state index in [0.29, 0.717) is 0 Å². The van der Waals surface area contributed by atoms with Gasteiger partial charge in [-0.15, -0.1) is 0 Å². The van der Waals surface area contributed by atoms with Crippen LogP contribution in [0.5, 0.6) is 0 Å². The summed E-state index contributed by atoms with van der Waals surface area (Å²) in [6, 6.07) is 5.95. The molecule has 1 aromatic rings. The molecule has 68 valence electrons. The van der Waals surface area contributed by atoms with Crippen molar-refractivity contribution in [3.63, 3.8) is 0 Å². The van der Waals surface area contributed by atoms with Crippen molar-refractivity contribution in [2.75, 3.05) is 0 Å². The molecule has 0 N–H and O–H groups in total. The Labute approximate surface area is 78.1 Å². The Morgan fingerprint density at radius 1 is 1.15 bits per heavy atom. The predicted molar refractivity (Wildman–Crippen MR) is 53.2 cm³/mol. The topological polar surface area (TPSA) is 0 Å². The predicted octanol–water partition coefficient (Wildman–Crippen LogP) is 3.64. The van der Waals surface area contributed by atoms with Crippen LogP contribution in [0.3, 0.4) is 0 Å². The quantitative estimate of drug-likeness (QED) is 0.566. The molecule has 0 spiro atoms. The lowest BCUT2D eigenvalue weighted by atomic mass is 9.91. The normalized spacial score (nSPS) is 15.9. The third kappa shape index (κ3) is 1.39. The molecule has 0 bridgehead atoms. The van der Waals surface area contributed by atoms with Gasteiger partial charge in [0.15, 0.2) is 0 Å². The Bertz CT molecular complexity index is 375. The van der Waals surface area contributed by atoms with Crippen molar-refractivity contribution in [1.82, 2.24) is 0 Å². The van der Waals surface area contributed by atoms with Gasteiger partial charge in [-0.3, -0.25) is 0 Å². The fraction of sp³-hybridized carbons (Fsp3) is 0.333. The molecule has 0 unspecified atom stereocenters. The van der Waals surface area contributed by atoms with Crippen LogP contribution in [0.25, 0.3) is 5.83 Å². The Morgan fingerprint density at radius 3 is 2.69 bits per heavy atom. The first-order chi connectivity index (χ1) is 6.18. The molecule has 0 aromatic heterocycles. The minimum Gasteiger partial charge on any atom is -0.206 e. The smallest absolute Gasteiger partial charge is 0.129 e. The lowest BCUT2D eigenvalue weighted by Crippen LogP contribution is -2.01. The second-order valence-corrected chi connectivity index (χ2v) is 3.75. The molecule has 1 aliphatic carbocycles. The molecule has 1 aliphatic rings. The van der Waals surface area contributed by atoms with Gasteiger partial charge in [-0.05, 0) is 37.8 Å². The van der Waals surface area contributed by atoms with Crippen molar-refractivity contribution < 1.29 is 4.39 Å². The van der Waals surface area contributed by atoms with Crippen LogP contribution in [0.4, 0.5) is 4.39 Å². The Morgan fingerprint density at radius 2 is 1.92 bits per heavy atom. The molecule has 0 radical (unpaired) electrons. The van der Waals surface area contributed by atoms with Gasteiger partial charge in [0.25, 0.3) is 0 Å². The van der Waals surface area contributed by atoms with Gasteiger partial charge in [-0.1, -0.05) is 23.8 Å². The second-order valence-electron chi connectivity index (χ2n) is 3.75. The number of aryl methyl sites for hydroxylation is 2. The molecule has 1 aromatic carbocycles. The third-order valence-electron chi connectivity index (χ3n) is 2.64. The molecule has 0 aliphatic heterocycles. The minimum absolute atomic E-state index is 0.0127. The Hall–Kier alpha value is -1.11. The van der Waals surface area contributed by atoms with Crippen LogP contribution in [0, 0.1) is 6.92 Å².